The maximum absolute atomic E-state index is 13.2. The molecule has 0 bridgehead atoms. The summed E-state index contributed by atoms with van der Waals surface area (Å²) in [5.74, 6) is -0.683. The third-order valence-corrected chi connectivity index (χ3v) is 6.63. The second kappa shape index (κ2) is 9.43. The van der Waals surface area contributed by atoms with Gasteiger partial charge in [0.1, 0.15) is 6.61 Å². The molecule has 1 saturated heterocycles. The van der Waals surface area contributed by atoms with Crippen molar-refractivity contribution in [3.05, 3.63) is 71.8 Å². The van der Waals surface area contributed by atoms with Crippen LogP contribution in [0.4, 0.5) is 5.69 Å². The maximum atomic E-state index is 13.2. The largest absolute Gasteiger partial charge is 0.459 e. The normalized spacial score (nSPS) is 16.4. The molecule has 0 radical (unpaired) electrons. The second-order valence-corrected chi connectivity index (χ2v) is 8.81. The maximum Gasteiger partial charge on any atom is 0.339 e. The zero-order valence-corrected chi connectivity index (χ0v) is 17.4. The Bertz CT molecular complexity index is 972. The molecule has 0 amide bonds. The lowest BCUT2D eigenvalue weighted by atomic mass is 10.2. The molecule has 1 aliphatic heterocycles. The SMILES string of the molecule is C=CCN(c1ccccc1)S(=O)(=O)c1ccc(Cl)c(C(=O)OCC2CCCO2)c1. The van der Waals surface area contributed by atoms with Crippen LogP contribution in [-0.4, -0.2) is 40.2 Å². The van der Waals surface area contributed by atoms with Crippen LogP contribution in [0.5, 0.6) is 0 Å². The van der Waals surface area contributed by atoms with Crippen LogP contribution in [-0.2, 0) is 19.5 Å². The Morgan fingerprint density at radius 1 is 1.28 bits per heavy atom. The summed E-state index contributed by atoms with van der Waals surface area (Å²) in [6.45, 7) is 4.48. The highest BCUT2D eigenvalue weighted by Crippen LogP contribution is 2.27. The minimum absolute atomic E-state index is 0.00245. The molecule has 0 saturated carbocycles. The summed E-state index contributed by atoms with van der Waals surface area (Å²) >= 11 is 6.14. The molecule has 0 spiro atoms. The predicted molar refractivity (Wildman–Crippen MR) is 112 cm³/mol. The fourth-order valence-electron chi connectivity index (χ4n) is 3.02. The van der Waals surface area contributed by atoms with Gasteiger partial charge < -0.3 is 9.47 Å². The van der Waals surface area contributed by atoms with Crippen molar-refractivity contribution in [1.29, 1.82) is 0 Å². The molecular weight excluding hydrogens is 414 g/mol. The minimum atomic E-state index is -3.95. The van der Waals surface area contributed by atoms with Gasteiger partial charge in [-0.15, -0.1) is 6.58 Å². The Balaban J connectivity index is 1.88. The molecule has 0 N–H and O–H groups in total. The standard InChI is InChI=1S/C21H22ClNO5S/c1-2-12-23(16-7-4-3-5-8-16)29(25,26)18-10-11-20(22)19(14-18)21(24)28-15-17-9-6-13-27-17/h2-5,7-8,10-11,14,17H,1,6,9,12-13,15H2. The van der Waals surface area contributed by atoms with Crippen molar-refractivity contribution in [2.24, 2.45) is 0 Å². The number of nitrogens with zero attached hydrogens (tertiary/aromatic N) is 1. The van der Waals surface area contributed by atoms with Crippen LogP contribution >= 0.6 is 11.6 Å². The quantitative estimate of drug-likeness (QED) is 0.462. The lowest BCUT2D eigenvalue weighted by Gasteiger charge is -2.23. The molecule has 1 atom stereocenters. The first kappa shape index (κ1) is 21.4. The molecule has 2 aromatic rings. The third-order valence-electron chi connectivity index (χ3n) is 4.51. The van der Waals surface area contributed by atoms with Crippen molar-refractivity contribution in [3.8, 4) is 0 Å². The molecule has 3 rings (SSSR count). The lowest BCUT2D eigenvalue weighted by molar-refractivity contribution is 0.0161. The number of sulfonamides is 1. The van der Waals surface area contributed by atoms with Crippen molar-refractivity contribution >= 4 is 33.3 Å². The van der Waals surface area contributed by atoms with E-state index in [1.165, 1.54) is 28.6 Å². The topological polar surface area (TPSA) is 72.9 Å². The minimum Gasteiger partial charge on any atom is -0.459 e. The van der Waals surface area contributed by atoms with E-state index in [4.69, 9.17) is 21.1 Å². The van der Waals surface area contributed by atoms with E-state index in [1.54, 1.807) is 30.3 Å². The molecule has 0 aliphatic carbocycles. The van der Waals surface area contributed by atoms with Crippen molar-refractivity contribution in [1.82, 2.24) is 0 Å². The van der Waals surface area contributed by atoms with Crippen molar-refractivity contribution in [3.63, 3.8) is 0 Å². The number of carbonyl (C=O) groups excluding carboxylic acids is 1. The number of ether oxygens (including phenoxy) is 2. The third kappa shape index (κ3) is 4.98. The monoisotopic (exact) mass is 435 g/mol. The Morgan fingerprint density at radius 3 is 2.69 bits per heavy atom. The number of carbonyl (C=O) groups is 1. The van der Waals surface area contributed by atoms with Crippen LogP contribution in [0.1, 0.15) is 23.2 Å². The van der Waals surface area contributed by atoms with E-state index in [0.717, 1.165) is 12.8 Å². The number of halogens is 1. The van der Waals surface area contributed by atoms with Gasteiger partial charge in [-0.2, -0.15) is 0 Å². The molecule has 2 aromatic carbocycles. The average Bonchev–Trinajstić information content (AvgIpc) is 3.24. The van der Waals surface area contributed by atoms with Gasteiger partial charge in [-0.25, -0.2) is 13.2 Å². The zero-order chi connectivity index (χ0) is 20.9. The van der Waals surface area contributed by atoms with Crippen LogP contribution in [0.2, 0.25) is 5.02 Å². The summed E-state index contributed by atoms with van der Waals surface area (Å²) in [7, 11) is -3.95. The van der Waals surface area contributed by atoms with Crippen molar-refractivity contribution in [2.75, 3.05) is 24.1 Å². The highest BCUT2D eigenvalue weighted by molar-refractivity contribution is 7.92. The fraction of sp³-hybridized carbons (Fsp3) is 0.286. The van der Waals surface area contributed by atoms with Crippen molar-refractivity contribution < 1.29 is 22.7 Å². The average molecular weight is 436 g/mol. The molecule has 6 nitrogen and oxygen atoms in total. The first-order valence-corrected chi connectivity index (χ1v) is 11.0. The molecule has 1 aliphatic rings. The predicted octanol–water partition coefficient (Wildman–Crippen LogP) is 4.06. The molecule has 29 heavy (non-hydrogen) atoms. The number of esters is 1. The fourth-order valence-corrected chi connectivity index (χ4v) is 4.68. The highest BCUT2D eigenvalue weighted by atomic mass is 35.5. The molecule has 1 unspecified atom stereocenters. The molecule has 8 heteroatoms. The van der Waals surface area contributed by atoms with Crippen LogP contribution in [0.15, 0.2) is 66.1 Å². The Labute approximate surface area is 175 Å². The van der Waals surface area contributed by atoms with Gasteiger partial charge in [0.05, 0.1) is 33.8 Å². The van der Waals surface area contributed by atoms with Gasteiger partial charge in [0.2, 0.25) is 0 Å². The van der Waals surface area contributed by atoms with E-state index < -0.39 is 16.0 Å². The summed E-state index contributed by atoms with van der Waals surface area (Å²) in [6.07, 6.45) is 3.11. The summed E-state index contributed by atoms with van der Waals surface area (Å²) in [5, 5.41) is 0.122. The van der Waals surface area contributed by atoms with Gasteiger partial charge >= 0.3 is 5.97 Å². The summed E-state index contributed by atoms with van der Waals surface area (Å²) < 4.78 is 38.4. The van der Waals surface area contributed by atoms with Crippen LogP contribution in [0.25, 0.3) is 0 Å². The van der Waals surface area contributed by atoms with Gasteiger partial charge in [-0.05, 0) is 43.2 Å². The zero-order valence-electron chi connectivity index (χ0n) is 15.8. The van der Waals surface area contributed by atoms with E-state index >= 15 is 0 Å². The number of hydrogen-bond acceptors (Lipinski definition) is 5. The van der Waals surface area contributed by atoms with E-state index in [9.17, 15) is 13.2 Å². The number of hydrogen-bond donors (Lipinski definition) is 0. The summed E-state index contributed by atoms with van der Waals surface area (Å²) in [4.78, 5) is 12.4. The Hall–Kier alpha value is -2.35. The summed E-state index contributed by atoms with van der Waals surface area (Å²) in [5.41, 5.74) is 0.488. The number of benzene rings is 2. The molecule has 1 fully saturated rings. The van der Waals surface area contributed by atoms with E-state index in [2.05, 4.69) is 6.58 Å². The van der Waals surface area contributed by atoms with Crippen LogP contribution in [0.3, 0.4) is 0 Å². The molecule has 0 aromatic heterocycles. The number of anilines is 1. The van der Waals surface area contributed by atoms with Crippen LogP contribution in [0, 0.1) is 0 Å². The van der Waals surface area contributed by atoms with Gasteiger partial charge in [-0.3, -0.25) is 4.31 Å². The lowest BCUT2D eigenvalue weighted by Crippen LogP contribution is -2.31. The Kier molecular flexibility index (Phi) is 6.95. The van der Waals surface area contributed by atoms with Crippen molar-refractivity contribution in [2.45, 2.75) is 23.8 Å². The van der Waals surface area contributed by atoms with E-state index in [0.29, 0.717) is 12.3 Å². The van der Waals surface area contributed by atoms with Crippen LogP contribution < -0.4 is 4.31 Å². The van der Waals surface area contributed by atoms with E-state index in [-0.39, 0.29) is 34.7 Å². The van der Waals surface area contributed by atoms with E-state index in [1.807, 2.05) is 0 Å². The smallest absolute Gasteiger partial charge is 0.339 e. The number of para-hydroxylation sites is 1. The molecule has 154 valence electrons. The highest BCUT2D eigenvalue weighted by Gasteiger charge is 2.26. The molecular formula is C21H22ClNO5S. The van der Waals surface area contributed by atoms with Gasteiger partial charge in [0, 0.05) is 6.61 Å². The second-order valence-electron chi connectivity index (χ2n) is 6.54. The van der Waals surface area contributed by atoms with Gasteiger partial charge in [0.25, 0.3) is 10.0 Å². The Morgan fingerprint density at radius 2 is 2.03 bits per heavy atom. The molecule has 1 heterocycles. The van der Waals surface area contributed by atoms with Gasteiger partial charge in [0.15, 0.2) is 0 Å². The van der Waals surface area contributed by atoms with Gasteiger partial charge in [-0.1, -0.05) is 35.9 Å². The summed E-state index contributed by atoms with van der Waals surface area (Å²) in [6, 6.07) is 12.7. The first-order chi connectivity index (χ1) is 13.9. The number of rotatable bonds is 8. The first-order valence-electron chi connectivity index (χ1n) is 9.20.